The van der Waals surface area contributed by atoms with E-state index in [1.807, 2.05) is 13.0 Å². The van der Waals surface area contributed by atoms with Gasteiger partial charge in [0.15, 0.2) is 0 Å². The minimum Gasteiger partial charge on any atom is -0.496 e. The third kappa shape index (κ3) is 4.73. The molecule has 2 aliphatic rings. The van der Waals surface area contributed by atoms with Crippen LogP contribution in [0.25, 0.3) is 0 Å². The van der Waals surface area contributed by atoms with E-state index >= 15 is 0 Å². The third-order valence-corrected chi connectivity index (χ3v) is 5.63. The fourth-order valence-corrected chi connectivity index (χ4v) is 3.78. The Morgan fingerprint density at radius 3 is 2.70 bits per heavy atom. The Hall–Kier alpha value is -2.65. The van der Waals surface area contributed by atoms with Crippen molar-refractivity contribution in [1.82, 2.24) is 20.4 Å². The quantitative estimate of drug-likeness (QED) is 0.474. The molecule has 1 aromatic rings. The van der Waals surface area contributed by atoms with Gasteiger partial charge in [-0.05, 0) is 50.1 Å². The van der Waals surface area contributed by atoms with E-state index in [9.17, 15) is 14.4 Å². The summed E-state index contributed by atoms with van der Waals surface area (Å²) in [6.07, 6.45) is 0.800. The number of hydrogen-bond acceptors (Lipinski definition) is 6. The number of aryl methyl sites for hydroxylation is 1. The van der Waals surface area contributed by atoms with Crippen molar-refractivity contribution in [2.24, 2.45) is 0 Å². The number of carbonyl (C=O) groups excluding carboxylic acids is 3. The predicted molar refractivity (Wildman–Crippen MR) is 110 cm³/mol. The number of imide groups is 1. The summed E-state index contributed by atoms with van der Waals surface area (Å²) in [5.41, 5.74) is 0.285. The third-order valence-electron chi connectivity index (χ3n) is 5.63. The molecular formula is C21H30N4O5. The summed E-state index contributed by atoms with van der Waals surface area (Å²) in [4.78, 5) is 41.0. The maximum atomic E-state index is 13.0. The van der Waals surface area contributed by atoms with E-state index in [0.717, 1.165) is 49.7 Å². The van der Waals surface area contributed by atoms with Gasteiger partial charge in [0.1, 0.15) is 17.8 Å². The molecule has 2 N–H and O–H groups in total. The van der Waals surface area contributed by atoms with E-state index in [0.29, 0.717) is 17.9 Å². The summed E-state index contributed by atoms with van der Waals surface area (Å²) in [5, 5.41) is 5.52. The van der Waals surface area contributed by atoms with Crippen molar-refractivity contribution in [1.29, 1.82) is 0 Å². The SMILES string of the molecule is COc1ccc(C2(C)NC(=O)N(CC(=O)NCCCN3CCOCC3)C2=O)cc1C. The van der Waals surface area contributed by atoms with Crippen molar-refractivity contribution in [2.45, 2.75) is 25.8 Å². The summed E-state index contributed by atoms with van der Waals surface area (Å²) < 4.78 is 10.6. The average Bonchev–Trinajstić information content (AvgIpc) is 2.96. The maximum Gasteiger partial charge on any atom is 0.325 e. The summed E-state index contributed by atoms with van der Waals surface area (Å²) in [6, 6.07) is 4.75. The first-order valence-corrected chi connectivity index (χ1v) is 10.2. The van der Waals surface area contributed by atoms with Crippen molar-refractivity contribution in [3.8, 4) is 5.75 Å². The van der Waals surface area contributed by atoms with E-state index in [1.54, 1.807) is 26.2 Å². The van der Waals surface area contributed by atoms with Gasteiger partial charge in [0, 0.05) is 19.6 Å². The van der Waals surface area contributed by atoms with Gasteiger partial charge in [-0.15, -0.1) is 0 Å². The van der Waals surface area contributed by atoms with Gasteiger partial charge < -0.3 is 20.1 Å². The molecule has 0 aromatic heterocycles. The molecule has 0 aliphatic carbocycles. The number of methoxy groups -OCH3 is 1. The van der Waals surface area contributed by atoms with Crippen LogP contribution < -0.4 is 15.4 Å². The first-order chi connectivity index (χ1) is 14.3. The number of benzene rings is 1. The number of carbonyl (C=O) groups is 3. The zero-order chi connectivity index (χ0) is 21.7. The molecule has 1 atom stereocenters. The van der Waals surface area contributed by atoms with Gasteiger partial charge >= 0.3 is 6.03 Å². The lowest BCUT2D eigenvalue weighted by Crippen LogP contribution is -2.43. The molecule has 0 radical (unpaired) electrons. The van der Waals surface area contributed by atoms with Gasteiger partial charge in [-0.3, -0.25) is 19.4 Å². The van der Waals surface area contributed by atoms with Gasteiger partial charge in [-0.1, -0.05) is 6.07 Å². The molecule has 9 heteroatoms. The van der Waals surface area contributed by atoms with Crippen LogP contribution in [0.3, 0.4) is 0 Å². The number of amides is 4. The molecule has 1 unspecified atom stereocenters. The van der Waals surface area contributed by atoms with Gasteiger partial charge in [-0.25, -0.2) is 4.79 Å². The largest absolute Gasteiger partial charge is 0.496 e. The monoisotopic (exact) mass is 418 g/mol. The zero-order valence-electron chi connectivity index (χ0n) is 17.8. The van der Waals surface area contributed by atoms with Crippen molar-refractivity contribution < 1.29 is 23.9 Å². The normalized spacial score (nSPS) is 22.2. The lowest BCUT2D eigenvalue weighted by atomic mass is 9.90. The fraction of sp³-hybridized carbons (Fsp3) is 0.571. The van der Waals surface area contributed by atoms with Crippen molar-refractivity contribution in [3.05, 3.63) is 29.3 Å². The Bertz CT molecular complexity index is 809. The number of nitrogens with zero attached hydrogens (tertiary/aromatic N) is 2. The van der Waals surface area contributed by atoms with Crippen molar-refractivity contribution in [2.75, 3.05) is 53.0 Å². The van der Waals surface area contributed by atoms with Crippen LogP contribution in [0.1, 0.15) is 24.5 Å². The molecule has 2 saturated heterocycles. The zero-order valence-corrected chi connectivity index (χ0v) is 17.8. The number of rotatable bonds is 8. The molecule has 2 aliphatic heterocycles. The average molecular weight is 418 g/mol. The van der Waals surface area contributed by atoms with Crippen LogP contribution in [-0.4, -0.2) is 80.7 Å². The van der Waals surface area contributed by atoms with Crippen LogP contribution in [0.5, 0.6) is 5.75 Å². The fourth-order valence-electron chi connectivity index (χ4n) is 3.78. The highest BCUT2D eigenvalue weighted by Crippen LogP contribution is 2.31. The van der Waals surface area contributed by atoms with Crippen molar-refractivity contribution >= 4 is 17.8 Å². The topological polar surface area (TPSA) is 100 Å². The van der Waals surface area contributed by atoms with Gasteiger partial charge in [0.2, 0.25) is 5.91 Å². The van der Waals surface area contributed by atoms with Gasteiger partial charge in [0.25, 0.3) is 5.91 Å². The number of ether oxygens (including phenoxy) is 2. The standard InChI is InChI=1S/C21H30N4O5/c1-15-13-16(5-6-17(15)29-3)21(2)19(27)25(20(28)23-21)14-18(26)22-7-4-8-24-9-11-30-12-10-24/h5-6,13H,4,7-12,14H2,1-3H3,(H,22,26)(H,23,28). The van der Waals surface area contributed by atoms with E-state index in [-0.39, 0.29) is 12.5 Å². The molecule has 0 saturated carbocycles. The highest BCUT2D eigenvalue weighted by Gasteiger charge is 2.49. The number of morpholine rings is 1. The van der Waals surface area contributed by atoms with Gasteiger partial charge in [-0.2, -0.15) is 0 Å². The number of hydrogen-bond donors (Lipinski definition) is 2. The Balaban J connectivity index is 1.53. The molecule has 0 bridgehead atoms. The molecule has 2 heterocycles. The lowest BCUT2D eigenvalue weighted by molar-refractivity contribution is -0.134. The maximum absolute atomic E-state index is 13.0. The Morgan fingerprint density at radius 2 is 2.03 bits per heavy atom. The summed E-state index contributed by atoms with van der Waals surface area (Å²) >= 11 is 0. The van der Waals surface area contributed by atoms with E-state index < -0.39 is 17.5 Å². The minimum absolute atomic E-state index is 0.299. The Morgan fingerprint density at radius 1 is 1.30 bits per heavy atom. The second-order valence-corrected chi connectivity index (χ2v) is 7.79. The summed E-state index contributed by atoms with van der Waals surface area (Å²) in [5.74, 6) is -0.0939. The van der Waals surface area contributed by atoms with Crippen LogP contribution in [0, 0.1) is 6.92 Å². The van der Waals surface area contributed by atoms with Gasteiger partial charge in [0.05, 0.1) is 20.3 Å². The van der Waals surface area contributed by atoms with Crippen LogP contribution in [0.2, 0.25) is 0 Å². The highest BCUT2D eigenvalue weighted by molar-refractivity contribution is 6.09. The second kappa shape index (κ2) is 9.44. The highest BCUT2D eigenvalue weighted by atomic mass is 16.5. The van der Waals surface area contributed by atoms with Crippen LogP contribution >= 0.6 is 0 Å². The smallest absolute Gasteiger partial charge is 0.325 e. The minimum atomic E-state index is -1.22. The molecule has 2 fully saturated rings. The molecule has 1 aromatic carbocycles. The number of urea groups is 1. The Labute approximate surface area is 176 Å². The van der Waals surface area contributed by atoms with Crippen LogP contribution in [0.15, 0.2) is 18.2 Å². The molecule has 9 nitrogen and oxygen atoms in total. The summed E-state index contributed by atoms with van der Waals surface area (Å²) in [7, 11) is 1.58. The second-order valence-electron chi connectivity index (χ2n) is 7.79. The van der Waals surface area contributed by atoms with E-state index in [1.165, 1.54) is 0 Å². The summed E-state index contributed by atoms with van der Waals surface area (Å²) in [6.45, 7) is 7.88. The Kier molecular flexibility index (Phi) is 6.94. The van der Waals surface area contributed by atoms with Crippen LogP contribution in [-0.2, 0) is 19.9 Å². The molecule has 30 heavy (non-hydrogen) atoms. The van der Waals surface area contributed by atoms with E-state index in [4.69, 9.17) is 9.47 Å². The lowest BCUT2D eigenvalue weighted by Gasteiger charge is -2.26. The molecule has 164 valence electrons. The molecule has 3 rings (SSSR count). The predicted octanol–water partition coefficient (Wildman–Crippen LogP) is 0.609. The van der Waals surface area contributed by atoms with Crippen LogP contribution in [0.4, 0.5) is 4.79 Å². The molecule has 0 spiro atoms. The first-order valence-electron chi connectivity index (χ1n) is 10.2. The molecule has 4 amide bonds. The number of nitrogens with one attached hydrogen (secondary N) is 2. The first kappa shape index (κ1) is 22.0. The van der Waals surface area contributed by atoms with E-state index in [2.05, 4.69) is 15.5 Å². The van der Waals surface area contributed by atoms with Crippen molar-refractivity contribution in [3.63, 3.8) is 0 Å². The molecular weight excluding hydrogens is 388 g/mol.